The van der Waals surface area contributed by atoms with Crippen molar-refractivity contribution < 1.29 is 4.39 Å². The van der Waals surface area contributed by atoms with E-state index in [1.165, 1.54) is 12.1 Å². The molecule has 4 nitrogen and oxygen atoms in total. The van der Waals surface area contributed by atoms with Gasteiger partial charge in [0.15, 0.2) is 0 Å². The van der Waals surface area contributed by atoms with Crippen LogP contribution in [0, 0.1) is 5.82 Å². The van der Waals surface area contributed by atoms with E-state index in [1.54, 1.807) is 10.7 Å². The van der Waals surface area contributed by atoms with Crippen molar-refractivity contribution in [3.8, 4) is 5.69 Å². The van der Waals surface area contributed by atoms with Crippen molar-refractivity contribution in [2.45, 2.75) is 25.3 Å². The van der Waals surface area contributed by atoms with Gasteiger partial charge in [-0.3, -0.25) is 0 Å². The molecule has 3 rings (SSSR count). The first-order chi connectivity index (χ1) is 8.29. The molecule has 0 radical (unpaired) electrons. The molecule has 1 saturated carbocycles. The highest BCUT2D eigenvalue weighted by Gasteiger charge is 2.31. The lowest BCUT2D eigenvalue weighted by Crippen LogP contribution is -2.05. The third-order valence-corrected chi connectivity index (χ3v) is 2.99. The number of nitrogens with zero attached hydrogens (tertiary/aromatic N) is 3. The van der Waals surface area contributed by atoms with E-state index in [0.717, 1.165) is 24.2 Å². The van der Waals surface area contributed by atoms with Crippen LogP contribution in [0.15, 0.2) is 24.3 Å². The normalized spacial score (nSPS) is 15.2. The number of rotatable bonds is 3. The fourth-order valence-electron chi connectivity index (χ4n) is 2.03. The average molecular weight is 232 g/mol. The van der Waals surface area contributed by atoms with Crippen LogP contribution in [0.25, 0.3) is 5.69 Å². The Morgan fingerprint density at radius 1 is 1.41 bits per heavy atom. The molecule has 0 unspecified atom stereocenters. The van der Waals surface area contributed by atoms with Crippen molar-refractivity contribution in [3.05, 3.63) is 41.5 Å². The second-order valence-electron chi connectivity index (χ2n) is 4.29. The van der Waals surface area contributed by atoms with Gasteiger partial charge < -0.3 is 5.73 Å². The van der Waals surface area contributed by atoms with Gasteiger partial charge in [-0.25, -0.2) is 9.07 Å². The highest BCUT2D eigenvalue weighted by Crippen LogP contribution is 2.41. The molecule has 0 atom stereocenters. The summed E-state index contributed by atoms with van der Waals surface area (Å²) in [5, 5.41) is 8.15. The van der Waals surface area contributed by atoms with E-state index in [4.69, 9.17) is 5.73 Å². The van der Waals surface area contributed by atoms with E-state index in [1.807, 2.05) is 6.07 Å². The molecule has 2 N–H and O–H groups in total. The first-order valence-corrected chi connectivity index (χ1v) is 5.70. The summed E-state index contributed by atoms with van der Waals surface area (Å²) in [5.41, 5.74) is 8.21. The Labute approximate surface area is 98.2 Å². The van der Waals surface area contributed by atoms with E-state index in [-0.39, 0.29) is 5.82 Å². The highest BCUT2D eigenvalue weighted by atomic mass is 19.1. The van der Waals surface area contributed by atoms with Gasteiger partial charge in [0.25, 0.3) is 0 Å². The predicted molar refractivity (Wildman–Crippen MR) is 61.2 cm³/mol. The number of nitrogens with two attached hydrogens (primary N) is 1. The Bertz CT molecular complexity index is 545. The fourth-order valence-corrected chi connectivity index (χ4v) is 2.03. The molecule has 2 aromatic rings. The summed E-state index contributed by atoms with van der Waals surface area (Å²) in [6.45, 7) is 0.376. The van der Waals surface area contributed by atoms with E-state index in [9.17, 15) is 4.39 Å². The molecule has 0 aliphatic heterocycles. The number of benzene rings is 1. The number of halogens is 1. The Balaban J connectivity index is 2.11. The smallest absolute Gasteiger partial charge is 0.125 e. The van der Waals surface area contributed by atoms with E-state index in [0.29, 0.717) is 18.2 Å². The van der Waals surface area contributed by atoms with Crippen molar-refractivity contribution >= 4 is 0 Å². The average Bonchev–Trinajstić information content (AvgIpc) is 3.08. The van der Waals surface area contributed by atoms with E-state index in [2.05, 4.69) is 10.3 Å². The molecule has 1 aromatic carbocycles. The van der Waals surface area contributed by atoms with Crippen molar-refractivity contribution in [3.63, 3.8) is 0 Å². The lowest BCUT2D eigenvalue weighted by molar-refractivity contribution is 0.624. The van der Waals surface area contributed by atoms with Gasteiger partial charge in [-0.15, -0.1) is 5.10 Å². The van der Waals surface area contributed by atoms with Crippen LogP contribution in [0.4, 0.5) is 4.39 Å². The van der Waals surface area contributed by atoms with Crippen LogP contribution in [0.3, 0.4) is 0 Å². The maximum atomic E-state index is 13.2. The Hall–Kier alpha value is -1.75. The maximum Gasteiger partial charge on any atom is 0.125 e. The summed E-state index contributed by atoms with van der Waals surface area (Å²) in [6, 6.07) is 6.37. The second-order valence-corrected chi connectivity index (χ2v) is 4.29. The first-order valence-electron chi connectivity index (χ1n) is 5.70. The monoisotopic (exact) mass is 232 g/mol. The summed E-state index contributed by atoms with van der Waals surface area (Å²) in [7, 11) is 0. The zero-order chi connectivity index (χ0) is 11.8. The molecule has 17 heavy (non-hydrogen) atoms. The quantitative estimate of drug-likeness (QED) is 0.877. The second kappa shape index (κ2) is 3.92. The van der Waals surface area contributed by atoms with Crippen LogP contribution in [-0.2, 0) is 6.54 Å². The maximum absolute atomic E-state index is 13.2. The van der Waals surface area contributed by atoms with Crippen molar-refractivity contribution in [1.29, 1.82) is 0 Å². The molecule has 1 fully saturated rings. The third kappa shape index (κ3) is 1.82. The molecular formula is C12H13FN4. The summed E-state index contributed by atoms with van der Waals surface area (Å²) in [4.78, 5) is 0. The molecule has 0 saturated heterocycles. The molecule has 0 spiro atoms. The SMILES string of the molecule is NCc1nnn(-c2cccc(F)c2)c1C1CC1. The topological polar surface area (TPSA) is 56.7 Å². The molecule has 0 amide bonds. The van der Waals surface area contributed by atoms with Gasteiger partial charge >= 0.3 is 0 Å². The minimum Gasteiger partial charge on any atom is -0.325 e. The standard InChI is InChI=1S/C12H13FN4/c13-9-2-1-3-10(6-9)17-12(8-4-5-8)11(7-14)15-16-17/h1-3,6,8H,4-5,7,14H2. The van der Waals surface area contributed by atoms with Crippen LogP contribution in [0.5, 0.6) is 0 Å². The van der Waals surface area contributed by atoms with Gasteiger partial charge in [-0.2, -0.15) is 0 Å². The summed E-state index contributed by atoms with van der Waals surface area (Å²) >= 11 is 0. The molecular weight excluding hydrogens is 219 g/mol. The van der Waals surface area contributed by atoms with E-state index < -0.39 is 0 Å². The van der Waals surface area contributed by atoms with Gasteiger partial charge in [0, 0.05) is 12.5 Å². The molecule has 1 aliphatic rings. The van der Waals surface area contributed by atoms with Gasteiger partial charge in [-0.05, 0) is 31.0 Å². The van der Waals surface area contributed by atoms with Gasteiger partial charge in [0.1, 0.15) is 11.5 Å². The van der Waals surface area contributed by atoms with Crippen LogP contribution in [0.1, 0.15) is 30.1 Å². The Morgan fingerprint density at radius 3 is 2.88 bits per heavy atom. The van der Waals surface area contributed by atoms with Crippen LogP contribution in [0.2, 0.25) is 0 Å². The van der Waals surface area contributed by atoms with Crippen molar-refractivity contribution in [1.82, 2.24) is 15.0 Å². The van der Waals surface area contributed by atoms with Crippen LogP contribution in [-0.4, -0.2) is 15.0 Å². The minimum atomic E-state index is -0.269. The zero-order valence-electron chi connectivity index (χ0n) is 9.31. The zero-order valence-corrected chi connectivity index (χ0v) is 9.31. The molecule has 88 valence electrons. The molecule has 1 aliphatic carbocycles. The van der Waals surface area contributed by atoms with Crippen molar-refractivity contribution in [2.24, 2.45) is 5.73 Å². The molecule has 1 heterocycles. The molecule has 0 bridgehead atoms. The largest absolute Gasteiger partial charge is 0.325 e. The first kappa shape index (κ1) is 10.4. The van der Waals surface area contributed by atoms with E-state index >= 15 is 0 Å². The fraction of sp³-hybridized carbons (Fsp3) is 0.333. The van der Waals surface area contributed by atoms with Crippen molar-refractivity contribution in [2.75, 3.05) is 0 Å². The number of hydrogen-bond donors (Lipinski definition) is 1. The van der Waals surface area contributed by atoms with Gasteiger partial charge in [-0.1, -0.05) is 11.3 Å². The lowest BCUT2D eigenvalue weighted by atomic mass is 10.2. The summed E-state index contributed by atoms with van der Waals surface area (Å²) in [6.07, 6.45) is 2.27. The van der Waals surface area contributed by atoms with Gasteiger partial charge in [0.05, 0.1) is 11.4 Å². The summed E-state index contributed by atoms with van der Waals surface area (Å²) < 4.78 is 14.9. The number of aromatic nitrogens is 3. The third-order valence-electron chi connectivity index (χ3n) is 2.99. The van der Waals surface area contributed by atoms with Gasteiger partial charge in [0.2, 0.25) is 0 Å². The van der Waals surface area contributed by atoms with Crippen LogP contribution >= 0.6 is 0 Å². The Morgan fingerprint density at radius 2 is 2.24 bits per heavy atom. The molecule has 1 aromatic heterocycles. The van der Waals surface area contributed by atoms with Crippen LogP contribution < -0.4 is 5.73 Å². The highest BCUT2D eigenvalue weighted by molar-refractivity contribution is 5.36. The predicted octanol–water partition coefficient (Wildman–Crippen LogP) is 1.74. The number of hydrogen-bond acceptors (Lipinski definition) is 3. The molecule has 5 heteroatoms. The lowest BCUT2D eigenvalue weighted by Gasteiger charge is -2.06. The Kier molecular flexibility index (Phi) is 2.40. The minimum absolute atomic E-state index is 0.269. The summed E-state index contributed by atoms with van der Waals surface area (Å²) in [5.74, 6) is 0.209.